The minimum absolute atomic E-state index is 0.136. The predicted molar refractivity (Wildman–Crippen MR) is 91.9 cm³/mol. The van der Waals surface area contributed by atoms with Gasteiger partial charge in [-0.25, -0.2) is 9.07 Å². The van der Waals surface area contributed by atoms with Gasteiger partial charge in [0.25, 0.3) is 5.91 Å². The first kappa shape index (κ1) is 17.2. The molecule has 25 heavy (non-hydrogen) atoms. The van der Waals surface area contributed by atoms with E-state index in [-0.39, 0.29) is 17.6 Å². The van der Waals surface area contributed by atoms with Gasteiger partial charge < -0.3 is 4.90 Å². The molecular formula is C19H21FN4O. The van der Waals surface area contributed by atoms with Crippen LogP contribution in [0.5, 0.6) is 0 Å². The first-order chi connectivity index (χ1) is 12.0. The maximum absolute atomic E-state index is 13.2. The Labute approximate surface area is 146 Å². The number of hydrogen-bond donors (Lipinski definition) is 0. The van der Waals surface area contributed by atoms with Gasteiger partial charge in [0.15, 0.2) is 5.69 Å². The van der Waals surface area contributed by atoms with Gasteiger partial charge in [-0.1, -0.05) is 0 Å². The zero-order chi connectivity index (χ0) is 18.0. The predicted octanol–water partition coefficient (Wildman–Crippen LogP) is 3.12. The second kappa shape index (κ2) is 7.06. The lowest BCUT2D eigenvalue weighted by molar-refractivity contribution is 0.0745. The van der Waals surface area contributed by atoms with Gasteiger partial charge >= 0.3 is 0 Å². The molecule has 2 aromatic rings. The lowest BCUT2D eigenvalue weighted by Crippen LogP contribution is -2.35. The van der Waals surface area contributed by atoms with E-state index < -0.39 is 0 Å². The van der Waals surface area contributed by atoms with Crippen molar-refractivity contribution in [1.82, 2.24) is 14.7 Å². The standard InChI is InChI=1S/C19H21FN4O/c1-3-23(12-13(2)11-21)19(25)18-16-5-4-6-17(16)24(22-18)15-9-7-14(20)8-10-15/h7-10,13H,3-6,12H2,1-2H3. The summed E-state index contributed by atoms with van der Waals surface area (Å²) >= 11 is 0. The van der Waals surface area contributed by atoms with Crippen molar-refractivity contribution in [1.29, 1.82) is 5.26 Å². The quantitative estimate of drug-likeness (QED) is 0.840. The van der Waals surface area contributed by atoms with Crippen LogP contribution in [0.1, 0.15) is 42.0 Å². The van der Waals surface area contributed by atoms with E-state index in [1.165, 1.54) is 12.1 Å². The highest BCUT2D eigenvalue weighted by molar-refractivity contribution is 5.94. The number of nitrogens with zero attached hydrogens (tertiary/aromatic N) is 4. The molecule has 1 aliphatic rings. The zero-order valence-corrected chi connectivity index (χ0v) is 14.5. The second-order valence-corrected chi connectivity index (χ2v) is 6.39. The highest BCUT2D eigenvalue weighted by atomic mass is 19.1. The minimum Gasteiger partial charge on any atom is -0.336 e. The molecule has 1 aliphatic carbocycles. The molecule has 0 saturated heterocycles. The Morgan fingerprint density at radius 3 is 2.76 bits per heavy atom. The Balaban J connectivity index is 1.97. The van der Waals surface area contributed by atoms with Gasteiger partial charge in [-0.2, -0.15) is 10.4 Å². The van der Waals surface area contributed by atoms with E-state index in [2.05, 4.69) is 11.2 Å². The average Bonchev–Trinajstić information content (AvgIpc) is 3.22. The molecule has 1 aromatic carbocycles. The summed E-state index contributed by atoms with van der Waals surface area (Å²) in [6, 6.07) is 8.30. The molecule has 0 N–H and O–H groups in total. The highest BCUT2D eigenvalue weighted by Crippen LogP contribution is 2.28. The van der Waals surface area contributed by atoms with Gasteiger partial charge in [0.2, 0.25) is 0 Å². The van der Waals surface area contributed by atoms with E-state index in [4.69, 9.17) is 5.26 Å². The zero-order valence-electron chi connectivity index (χ0n) is 14.5. The maximum Gasteiger partial charge on any atom is 0.274 e. The third-order valence-corrected chi connectivity index (χ3v) is 4.59. The van der Waals surface area contributed by atoms with Crippen molar-refractivity contribution in [3.63, 3.8) is 0 Å². The average molecular weight is 340 g/mol. The number of carbonyl (C=O) groups is 1. The molecule has 1 aromatic heterocycles. The second-order valence-electron chi connectivity index (χ2n) is 6.39. The summed E-state index contributed by atoms with van der Waals surface area (Å²) in [5.41, 5.74) is 3.23. The molecule has 3 rings (SSSR count). The summed E-state index contributed by atoms with van der Waals surface area (Å²) < 4.78 is 15.0. The van der Waals surface area contributed by atoms with Crippen LogP contribution in [0.4, 0.5) is 4.39 Å². The molecule has 0 bridgehead atoms. The van der Waals surface area contributed by atoms with Crippen LogP contribution in [0.3, 0.4) is 0 Å². The minimum atomic E-state index is -0.300. The third-order valence-electron chi connectivity index (χ3n) is 4.59. The molecule has 130 valence electrons. The number of aromatic nitrogens is 2. The van der Waals surface area contributed by atoms with Crippen molar-refractivity contribution < 1.29 is 9.18 Å². The van der Waals surface area contributed by atoms with Gasteiger partial charge in [0.05, 0.1) is 17.7 Å². The largest absolute Gasteiger partial charge is 0.336 e. The maximum atomic E-state index is 13.2. The summed E-state index contributed by atoms with van der Waals surface area (Å²) in [4.78, 5) is 14.6. The van der Waals surface area contributed by atoms with Crippen molar-refractivity contribution in [2.75, 3.05) is 13.1 Å². The van der Waals surface area contributed by atoms with Crippen LogP contribution in [0.2, 0.25) is 0 Å². The van der Waals surface area contributed by atoms with Crippen molar-refractivity contribution in [3.05, 3.63) is 47.0 Å². The highest BCUT2D eigenvalue weighted by Gasteiger charge is 2.29. The summed E-state index contributed by atoms with van der Waals surface area (Å²) in [5, 5.41) is 13.6. The monoisotopic (exact) mass is 340 g/mol. The van der Waals surface area contributed by atoms with E-state index in [9.17, 15) is 9.18 Å². The third kappa shape index (κ3) is 3.27. The van der Waals surface area contributed by atoms with E-state index in [0.717, 1.165) is 36.2 Å². The smallest absolute Gasteiger partial charge is 0.274 e. The lowest BCUT2D eigenvalue weighted by atomic mass is 10.1. The molecule has 0 radical (unpaired) electrons. The number of fused-ring (bicyclic) bond motifs is 1. The van der Waals surface area contributed by atoms with Gasteiger partial charge in [-0.3, -0.25) is 4.79 Å². The van der Waals surface area contributed by atoms with Crippen LogP contribution in [0.15, 0.2) is 24.3 Å². The van der Waals surface area contributed by atoms with Crippen molar-refractivity contribution in [2.24, 2.45) is 5.92 Å². The van der Waals surface area contributed by atoms with Crippen LogP contribution in [-0.2, 0) is 12.8 Å². The number of amides is 1. The normalized spacial score (nSPS) is 14.0. The number of benzene rings is 1. The van der Waals surface area contributed by atoms with Gasteiger partial charge in [0.1, 0.15) is 5.82 Å². The van der Waals surface area contributed by atoms with E-state index in [0.29, 0.717) is 18.8 Å². The fourth-order valence-corrected chi connectivity index (χ4v) is 3.28. The number of halogens is 1. The van der Waals surface area contributed by atoms with Crippen LogP contribution in [0, 0.1) is 23.1 Å². The van der Waals surface area contributed by atoms with Gasteiger partial charge in [-0.05, 0) is 57.4 Å². The van der Waals surface area contributed by atoms with Crippen LogP contribution in [0.25, 0.3) is 5.69 Å². The fraction of sp³-hybridized carbons (Fsp3) is 0.421. The van der Waals surface area contributed by atoms with Crippen molar-refractivity contribution >= 4 is 5.91 Å². The molecule has 0 spiro atoms. The number of rotatable bonds is 5. The number of carbonyl (C=O) groups excluding carboxylic acids is 1. The summed E-state index contributed by atoms with van der Waals surface area (Å²) in [6.07, 6.45) is 2.66. The SMILES string of the molecule is CCN(CC(C)C#N)C(=O)c1nn(-c2ccc(F)cc2)c2c1CCC2. The summed E-state index contributed by atoms with van der Waals surface area (Å²) in [6.45, 7) is 4.63. The molecule has 1 heterocycles. The van der Waals surface area contributed by atoms with Crippen molar-refractivity contribution in [2.45, 2.75) is 33.1 Å². The Bertz CT molecular complexity index is 819. The Hall–Kier alpha value is -2.68. The molecule has 1 amide bonds. The Morgan fingerprint density at radius 2 is 2.12 bits per heavy atom. The van der Waals surface area contributed by atoms with E-state index >= 15 is 0 Å². The lowest BCUT2D eigenvalue weighted by Gasteiger charge is -2.21. The number of nitriles is 1. The molecule has 5 nitrogen and oxygen atoms in total. The molecule has 1 unspecified atom stereocenters. The molecule has 6 heteroatoms. The van der Waals surface area contributed by atoms with Gasteiger partial charge in [0, 0.05) is 24.3 Å². The fourth-order valence-electron chi connectivity index (χ4n) is 3.28. The first-order valence-electron chi connectivity index (χ1n) is 8.60. The van der Waals surface area contributed by atoms with Crippen LogP contribution < -0.4 is 0 Å². The molecule has 0 aliphatic heterocycles. The number of hydrogen-bond acceptors (Lipinski definition) is 3. The van der Waals surface area contributed by atoms with E-state index in [1.807, 2.05) is 6.92 Å². The molecule has 0 fully saturated rings. The first-order valence-corrected chi connectivity index (χ1v) is 8.60. The summed E-state index contributed by atoms with van der Waals surface area (Å²) in [7, 11) is 0. The molecule has 0 saturated carbocycles. The summed E-state index contributed by atoms with van der Waals surface area (Å²) in [5.74, 6) is -0.661. The Morgan fingerprint density at radius 1 is 1.40 bits per heavy atom. The van der Waals surface area contributed by atoms with Crippen LogP contribution >= 0.6 is 0 Å². The van der Waals surface area contributed by atoms with Gasteiger partial charge in [-0.15, -0.1) is 0 Å². The van der Waals surface area contributed by atoms with Crippen LogP contribution in [-0.4, -0.2) is 33.7 Å². The van der Waals surface area contributed by atoms with E-state index in [1.54, 1.807) is 28.6 Å². The molecule has 1 atom stereocenters. The Kier molecular flexibility index (Phi) is 4.84. The topological polar surface area (TPSA) is 61.9 Å². The molecular weight excluding hydrogens is 319 g/mol. The van der Waals surface area contributed by atoms with Crippen molar-refractivity contribution in [3.8, 4) is 11.8 Å².